The summed E-state index contributed by atoms with van der Waals surface area (Å²) in [6.45, 7) is 3.76. The maximum atomic E-state index is 13.0. The van der Waals surface area contributed by atoms with Crippen molar-refractivity contribution in [1.29, 1.82) is 0 Å². The Morgan fingerprint density at radius 2 is 1.73 bits per heavy atom. The lowest BCUT2D eigenvalue weighted by atomic mass is 10.1. The van der Waals surface area contributed by atoms with E-state index in [9.17, 15) is 4.79 Å². The highest BCUT2D eigenvalue weighted by Crippen LogP contribution is 2.23. The van der Waals surface area contributed by atoms with Gasteiger partial charge in [0, 0.05) is 11.6 Å². The van der Waals surface area contributed by atoms with Gasteiger partial charge in [0.1, 0.15) is 0 Å². The van der Waals surface area contributed by atoms with E-state index >= 15 is 0 Å². The minimum Gasteiger partial charge on any atom is -0.320 e. The molecule has 0 radical (unpaired) electrons. The molecule has 5 nitrogen and oxygen atoms in total. The molecule has 5 heteroatoms. The van der Waals surface area contributed by atoms with E-state index in [4.69, 9.17) is 0 Å². The van der Waals surface area contributed by atoms with Crippen LogP contribution in [0.5, 0.6) is 0 Å². The van der Waals surface area contributed by atoms with Crippen molar-refractivity contribution in [2.75, 3.05) is 5.32 Å². The smallest absolute Gasteiger partial charge is 0.259 e. The van der Waals surface area contributed by atoms with Crippen molar-refractivity contribution in [2.24, 2.45) is 0 Å². The van der Waals surface area contributed by atoms with E-state index in [1.807, 2.05) is 74.5 Å². The molecule has 4 rings (SSSR count). The lowest BCUT2D eigenvalue weighted by Gasteiger charge is -2.09. The van der Waals surface area contributed by atoms with Gasteiger partial charge in [-0.15, -0.1) is 0 Å². The van der Waals surface area contributed by atoms with Crippen molar-refractivity contribution in [3.63, 3.8) is 0 Å². The number of para-hydroxylation sites is 2. The highest BCUT2D eigenvalue weighted by Gasteiger charge is 2.20. The summed E-state index contributed by atoms with van der Waals surface area (Å²) in [7, 11) is 0. The molecule has 0 spiro atoms. The number of carbonyl (C=O) groups is 1. The number of hydrogen-bond acceptors (Lipinski definition) is 3. The highest BCUT2D eigenvalue weighted by atomic mass is 16.1. The molecule has 0 aliphatic heterocycles. The number of rotatable bonds is 3. The molecule has 2 aromatic heterocycles. The Hall–Kier alpha value is -3.47. The van der Waals surface area contributed by atoms with Gasteiger partial charge in [-0.2, -0.15) is 5.10 Å². The van der Waals surface area contributed by atoms with Crippen LogP contribution in [0, 0.1) is 13.8 Å². The van der Waals surface area contributed by atoms with Gasteiger partial charge in [-0.3, -0.25) is 9.78 Å². The van der Waals surface area contributed by atoms with Crippen LogP contribution in [-0.4, -0.2) is 20.7 Å². The van der Waals surface area contributed by atoms with Crippen LogP contribution in [0.3, 0.4) is 0 Å². The number of pyridine rings is 1. The third kappa shape index (κ3) is 2.73. The molecule has 1 amide bonds. The number of nitrogens with one attached hydrogen (secondary N) is 1. The maximum Gasteiger partial charge on any atom is 0.259 e. The van der Waals surface area contributed by atoms with E-state index < -0.39 is 0 Å². The number of anilines is 1. The van der Waals surface area contributed by atoms with Crippen LogP contribution in [0.1, 0.15) is 21.7 Å². The lowest BCUT2D eigenvalue weighted by molar-refractivity contribution is 0.102. The standard InChI is InChI=1S/C21H18N4O/c1-14-19(15(2)25(24-14)17-10-4-3-5-11-17)21(26)23-18-12-6-8-16-9-7-13-22-20(16)18/h3-13H,1-2H3,(H,23,26). The van der Waals surface area contributed by atoms with Crippen molar-refractivity contribution in [3.8, 4) is 5.69 Å². The van der Waals surface area contributed by atoms with Gasteiger partial charge in [-0.1, -0.05) is 36.4 Å². The molecule has 0 saturated heterocycles. The lowest BCUT2D eigenvalue weighted by Crippen LogP contribution is -2.14. The number of fused-ring (bicyclic) bond motifs is 1. The van der Waals surface area contributed by atoms with Gasteiger partial charge in [0.05, 0.1) is 33.8 Å². The van der Waals surface area contributed by atoms with E-state index in [0.717, 1.165) is 22.3 Å². The zero-order valence-corrected chi connectivity index (χ0v) is 14.6. The van der Waals surface area contributed by atoms with Gasteiger partial charge in [0.2, 0.25) is 0 Å². The van der Waals surface area contributed by atoms with E-state index in [0.29, 0.717) is 16.9 Å². The molecule has 1 N–H and O–H groups in total. The summed E-state index contributed by atoms with van der Waals surface area (Å²) in [5.74, 6) is -0.180. The van der Waals surface area contributed by atoms with Crippen LogP contribution >= 0.6 is 0 Å². The Bertz CT molecular complexity index is 1090. The average molecular weight is 342 g/mol. The fraction of sp³-hybridized carbons (Fsp3) is 0.0952. The Morgan fingerprint density at radius 3 is 2.54 bits per heavy atom. The molecule has 26 heavy (non-hydrogen) atoms. The summed E-state index contributed by atoms with van der Waals surface area (Å²) in [5, 5.41) is 8.52. The second-order valence-electron chi connectivity index (χ2n) is 6.13. The van der Waals surface area contributed by atoms with Gasteiger partial charge in [-0.25, -0.2) is 4.68 Å². The second-order valence-corrected chi connectivity index (χ2v) is 6.13. The van der Waals surface area contributed by atoms with E-state index in [2.05, 4.69) is 15.4 Å². The molecule has 2 aromatic carbocycles. The minimum absolute atomic E-state index is 0.180. The fourth-order valence-electron chi connectivity index (χ4n) is 3.18. The Morgan fingerprint density at radius 1 is 0.962 bits per heavy atom. The van der Waals surface area contributed by atoms with Crippen LogP contribution in [0.4, 0.5) is 5.69 Å². The fourth-order valence-corrected chi connectivity index (χ4v) is 3.18. The highest BCUT2D eigenvalue weighted by molar-refractivity contribution is 6.09. The molecule has 0 aliphatic carbocycles. The van der Waals surface area contributed by atoms with E-state index in [1.165, 1.54) is 0 Å². The molecule has 0 saturated carbocycles. The number of amides is 1. The third-order valence-electron chi connectivity index (χ3n) is 4.40. The van der Waals surface area contributed by atoms with Gasteiger partial charge in [0.25, 0.3) is 5.91 Å². The molecule has 0 fully saturated rings. The quantitative estimate of drug-likeness (QED) is 0.604. The summed E-state index contributed by atoms with van der Waals surface area (Å²) >= 11 is 0. The Labute approximate surface area is 151 Å². The molecular formula is C21H18N4O. The molecule has 0 bridgehead atoms. The van der Waals surface area contributed by atoms with E-state index in [-0.39, 0.29) is 5.91 Å². The molecule has 4 aromatic rings. The normalized spacial score (nSPS) is 10.8. The molecule has 2 heterocycles. The van der Waals surface area contributed by atoms with Crippen LogP contribution in [0.25, 0.3) is 16.6 Å². The molecule has 128 valence electrons. The third-order valence-corrected chi connectivity index (χ3v) is 4.40. The van der Waals surface area contributed by atoms with Crippen molar-refractivity contribution >= 4 is 22.5 Å². The van der Waals surface area contributed by atoms with Crippen LogP contribution in [0.2, 0.25) is 0 Å². The second kappa shape index (κ2) is 6.44. The van der Waals surface area contributed by atoms with Crippen molar-refractivity contribution in [2.45, 2.75) is 13.8 Å². The van der Waals surface area contributed by atoms with Gasteiger partial charge < -0.3 is 5.32 Å². The first kappa shape index (κ1) is 16.0. The number of aryl methyl sites for hydroxylation is 1. The van der Waals surface area contributed by atoms with Crippen LogP contribution in [-0.2, 0) is 0 Å². The monoisotopic (exact) mass is 342 g/mol. The summed E-state index contributed by atoms with van der Waals surface area (Å²) < 4.78 is 1.80. The minimum atomic E-state index is -0.180. The SMILES string of the molecule is Cc1nn(-c2ccccc2)c(C)c1C(=O)Nc1cccc2cccnc12. The number of nitrogens with zero attached hydrogens (tertiary/aromatic N) is 3. The van der Waals surface area contributed by atoms with E-state index in [1.54, 1.807) is 10.9 Å². The van der Waals surface area contributed by atoms with Gasteiger partial charge >= 0.3 is 0 Å². The van der Waals surface area contributed by atoms with Crippen molar-refractivity contribution in [3.05, 3.63) is 83.8 Å². The topological polar surface area (TPSA) is 59.8 Å². The predicted octanol–water partition coefficient (Wildman–Crippen LogP) is 4.29. The predicted molar refractivity (Wildman–Crippen MR) is 103 cm³/mol. The summed E-state index contributed by atoms with van der Waals surface area (Å²) in [5.41, 5.74) is 4.48. The van der Waals surface area contributed by atoms with Crippen molar-refractivity contribution < 1.29 is 4.79 Å². The molecule has 0 unspecified atom stereocenters. The summed E-state index contributed by atoms with van der Waals surface area (Å²) in [6, 6.07) is 19.4. The number of aromatic nitrogens is 3. The first-order valence-corrected chi connectivity index (χ1v) is 8.42. The maximum absolute atomic E-state index is 13.0. The Balaban J connectivity index is 1.72. The van der Waals surface area contributed by atoms with Gasteiger partial charge in [0.15, 0.2) is 0 Å². The number of hydrogen-bond donors (Lipinski definition) is 1. The van der Waals surface area contributed by atoms with Crippen molar-refractivity contribution in [1.82, 2.24) is 14.8 Å². The van der Waals surface area contributed by atoms with Crippen LogP contribution in [0.15, 0.2) is 66.9 Å². The summed E-state index contributed by atoms with van der Waals surface area (Å²) in [4.78, 5) is 17.3. The zero-order chi connectivity index (χ0) is 18.1. The molecule has 0 aliphatic rings. The first-order valence-electron chi connectivity index (χ1n) is 8.42. The number of benzene rings is 2. The molecule has 0 atom stereocenters. The average Bonchev–Trinajstić information content (AvgIpc) is 2.97. The zero-order valence-electron chi connectivity index (χ0n) is 14.6. The summed E-state index contributed by atoms with van der Waals surface area (Å²) in [6.07, 6.45) is 1.72. The number of carbonyl (C=O) groups excluding carboxylic acids is 1. The van der Waals surface area contributed by atoms with Gasteiger partial charge in [-0.05, 0) is 38.1 Å². The largest absolute Gasteiger partial charge is 0.320 e. The first-order chi connectivity index (χ1) is 12.6. The molecular weight excluding hydrogens is 324 g/mol. The van der Waals surface area contributed by atoms with Crippen LogP contribution < -0.4 is 5.32 Å². The Kier molecular flexibility index (Phi) is 3.97.